The van der Waals surface area contributed by atoms with Crippen LogP contribution in [0.3, 0.4) is 0 Å². The standard InChI is InChI=1S/C18H27NO3/c1-17(2,3)22-16(20)19-13-9-8-12-15(19)18(4,21)14-10-6-5-7-11-14/h5-7,10-11,15,21H,8-9,12-13H2,1-4H3/t15-,18?/m0/s1. The molecule has 1 heterocycles. The van der Waals surface area contributed by atoms with E-state index in [4.69, 9.17) is 4.74 Å². The van der Waals surface area contributed by atoms with Crippen LogP contribution in [0.1, 0.15) is 52.5 Å². The first kappa shape index (κ1) is 16.8. The van der Waals surface area contributed by atoms with E-state index in [1.165, 1.54) is 0 Å². The molecule has 0 aliphatic carbocycles. The highest BCUT2D eigenvalue weighted by Gasteiger charge is 2.42. The smallest absolute Gasteiger partial charge is 0.410 e. The lowest BCUT2D eigenvalue weighted by molar-refractivity contribution is -0.0626. The van der Waals surface area contributed by atoms with Gasteiger partial charge in [-0.1, -0.05) is 30.3 Å². The number of ether oxygens (including phenoxy) is 1. The molecule has 0 radical (unpaired) electrons. The van der Waals surface area contributed by atoms with E-state index >= 15 is 0 Å². The molecule has 122 valence electrons. The maximum atomic E-state index is 12.5. The lowest BCUT2D eigenvalue weighted by Crippen LogP contribution is -2.55. The lowest BCUT2D eigenvalue weighted by atomic mass is 9.82. The number of carbonyl (C=O) groups excluding carboxylic acids is 1. The topological polar surface area (TPSA) is 49.8 Å². The van der Waals surface area contributed by atoms with Crippen molar-refractivity contribution >= 4 is 6.09 Å². The molecule has 1 unspecified atom stereocenters. The molecule has 0 aromatic heterocycles. The lowest BCUT2D eigenvalue weighted by Gasteiger charge is -2.44. The van der Waals surface area contributed by atoms with Gasteiger partial charge in [-0.05, 0) is 52.5 Å². The Morgan fingerprint density at radius 1 is 1.18 bits per heavy atom. The largest absolute Gasteiger partial charge is 0.444 e. The van der Waals surface area contributed by atoms with Crippen LogP contribution in [-0.2, 0) is 10.3 Å². The van der Waals surface area contributed by atoms with Gasteiger partial charge >= 0.3 is 6.09 Å². The molecule has 1 fully saturated rings. The van der Waals surface area contributed by atoms with Crippen LogP contribution in [0.25, 0.3) is 0 Å². The van der Waals surface area contributed by atoms with Crippen LogP contribution in [0, 0.1) is 0 Å². The number of carbonyl (C=O) groups is 1. The van der Waals surface area contributed by atoms with Crippen LogP contribution in [0.15, 0.2) is 30.3 Å². The van der Waals surface area contributed by atoms with E-state index in [-0.39, 0.29) is 12.1 Å². The number of likely N-dealkylation sites (tertiary alicyclic amines) is 1. The van der Waals surface area contributed by atoms with Gasteiger partial charge in [-0.3, -0.25) is 0 Å². The van der Waals surface area contributed by atoms with Crippen molar-refractivity contribution < 1.29 is 14.6 Å². The van der Waals surface area contributed by atoms with Crippen molar-refractivity contribution in [1.82, 2.24) is 4.90 Å². The summed E-state index contributed by atoms with van der Waals surface area (Å²) in [5, 5.41) is 11.1. The van der Waals surface area contributed by atoms with Crippen molar-refractivity contribution in [1.29, 1.82) is 0 Å². The quantitative estimate of drug-likeness (QED) is 0.906. The monoisotopic (exact) mass is 305 g/mol. The summed E-state index contributed by atoms with van der Waals surface area (Å²) < 4.78 is 5.51. The van der Waals surface area contributed by atoms with Crippen molar-refractivity contribution in [2.45, 2.75) is 64.2 Å². The van der Waals surface area contributed by atoms with Crippen LogP contribution >= 0.6 is 0 Å². The summed E-state index contributed by atoms with van der Waals surface area (Å²) in [4.78, 5) is 14.2. The van der Waals surface area contributed by atoms with Crippen molar-refractivity contribution in [3.05, 3.63) is 35.9 Å². The summed E-state index contributed by atoms with van der Waals surface area (Å²) >= 11 is 0. The predicted molar refractivity (Wildman–Crippen MR) is 86.6 cm³/mol. The van der Waals surface area contributed by atoms with Gasteiger partial charge in [-0.2, -0.15) is 0 Å². The van der Waals surface area contributed by atoms with E-state index in [0.717, 1.165) is 24.8 Å². The summed E-state index contributed by atoms with van der Waals surface area (Å²) in [6, 6.07) is 9.28. The van der Waals surface area contributed by atoms with Crippen molar-refractivity contribution in [2.75, 3.05) is 6.54 Å². The number of benzene rings is 1. The molecule has 4 nitrogen and oxygen atoms in total. The highest BCUT2D eigenvalue weighted by Crippen LogP contribution is 2.34. The molecule has 0 bridgehead atoms. The molecule has 1 aromatic carbocycles. The van der Waals surface area contributed by atoms with Gasteiger partial charge in [0.15, 0.2) is 0 Å². The summed E-state index contributed by atoms with van der Waals surface area (Å²) in [6.07, 6.45) is 2.39. The Bertz CT molecular complexity index is 505. The second-order valence-corrected chi connectivity index (χ2v) is 7.20. The van der Waals surface area contributed by atoms with Crippen LogP contribution in [-0.4, -0.2) is 34.3 Å². The molecule has 22 heavy (non-hydrogen) atoms. The van der Waals surface area contributed by atoms with E-state index in [1.807, 2.05) is 51.1 Å². The van der Waals surface area contributed by atoms with Crippen LogP contribution < -0.4 is 0 Å². The Hall–Kier alpha value is -1.55. The molecule has 1 saturated heterocycles. The van der Waals surface area contributed by atoms with Gasteiger partial charge in [0.1, 0.15) is 11.2 Å². The van der Waals surface area contributed by atoms with Crippen LogP contribution in [0.2, 0.25) is 0 Å². The van der Waals surface area contributed by atoms with Gasteiger partial charge in [0.05, 0.1) is 6.04 Å². The fourth-order valence-corrected chi connectivity index (χ4v) is 3.02. The first-order valence-electron chi connectivity index (χ1n) is 7.99. The second-order valence-electron chi connectivity index (χ2n) is 7.20. The minimum atomic E-state index is -1.08. The molecule has 4 heteroatoms. The zero-order valence-electron chi connectivity index (χ0n) is 14.0. The number of piperidine rings is 1. The van der Waals surface area contributed by atoms with E-state index < -0.39 is 11.2 Å². The highest BCUT2D eigenvalue weighted by molar-refractivity contribution is 5.69. The molecule has 1 aromatic rings. The Morgan fingerprint density at radius 2 is 1.82 bits per heavy atom. The number of aliphatic hydroxyl groups is 1. The predicted octanol–water partition coefficient (Wildman–Crippen LogP) is 3.68. The molecule has 1 amide bonds. The normalized spacial score (nSPS) is 22.0. The van der Waals surface area contributed by atoms with Gasteiger partial charge in [0.25, 0.3) is 0 Å². The van der Waals surface area contributed by atoms with Gasteiger partial charge in [-0.15, -0.1) is 0 Å². The third-order valence-corrected chi connectivity index (χ3v) is 4.14. The Kier molecular flexibility index (Phi) is 4.81. The Balaban J connectivity index is 2.24. The molecule has 2 atom stereocenters. The van der Waals surface area contributed by atoms with Gasteiger partial charge < -0.3 is 14.7 Å². The first-order chi connectivity index (χ1) is 10.2. The van der Waals surface area contributed by atoms with Crippen molar-refractivity contribution in [3.8, 4) is 0 Å². The van der Waals surface area contributed by atoms with Crippen LogP contribution in [0.5, 0.6) is 0 Å². The molecule has 0 saturated carbocycles. The Labute approximate surface area is 133 Å². The number of hydrogen-bond donors (Lipinski definition) is 1. The van der Waals surface area contributed by atoms with E-state index in [1.54, 1.807) is 11.8 Å². The van der Waals surface area contributed by atoms with Gasteiger partial charge in [0, 0.05) is 6.54 Å². The zero-order chi connectivity index (χ0) is 16.4. The average Bonchev–Trinajstić information content (AvgIpc) is 2.46. The fraction of sp³-hybridized carbons (Fsp3) is 0.611. The minimum Gasteiger partial charge on any atom is -0.444 e. The third-order valence-electron chi connectivity index (χ3n) is 4.14. The van der Waals surface area contributed by atoms with E-state index in [2.05, 4.69) is 0 Å². The summed E-state index contributed by atoms with van der Waals surface area (Å²) in [7, 11) is 0. The number of hydrogen-bond acceptors (Lipinski definition) is 3. The Morgan fingerprint density at radius 3 is 2.41 bits per heavy atom. The molecular formula is C18H27NO3. The molecular weight excluding hydrogens is 278 g/mol. The SMILES string of the molecule is CC(C)(C)OC(=O)N1CCCC[C@H]1C(C)(O)c1ccccc1. The fourth-order valence-electron chi connectivity index (χ4n) is 3.02. The molecule has 0 spiro atoms. The molecule has 2 rings (SSSR count). The maximum Gasteiger partial charge on any atom is 0.410 e. The van der Waals surface area contributed by atoms with Crippen molar-refractivity contribution in [3.63, 3.8) is 0 Å². The van der Waals surface area contributed by atoms with Gasteiger partial charge in [0.2, 0.25) is 0 Å². The maximum absolute atomic E-state index is 12.5. The molecule has 1 N–H and O–H groups in total. The number of rotatable bonds is 2. The second kappa shape index (κ2) is 6.29. The summed E-state index contributed by atoms with van der Waals surface area (Å²) in [6.45, 7) is 8.00. The highest BCUT2D eigenvalue weighted by atomic mass is 16.6. The summed E-state index contributed by atoms with van der Waals surface area (Å²) in [5.74, 6) is 0. The van der Waals surface area contributed by atoms with Crippen LogP contribution in [0.4, 0.5) is 4.79 Å². The van der Waals surface area contributed by atoms with E-state index in [0.29, 0.717) is 6.54 Å². The zero-order valence-corrected chi connectivity index (χ0v) is 14.0. The third kappa shape index (κ3) is 3.80. The minimum absolute atomic E-state index is 0.265. The first-order valence-corrected chi connectivity index (χ1v) is 7.99. The number of nitrogens with zero attached hydrogens (tertiary/aromatic N) is 1. The number of amides is 1. The average molecular weight is 305 g/mol. The van der Waals surface area contributed by atoms with Crippen molar-refractivity contribution in [2.24, 2.45) is 0 Å². The van der Waals surface area contributed by atoms with Gasteiger partial charge in [-0.25, -0.2) is 4.79 Å². The molecule has 1 aliphatic rings. The molecule has 1 aliphatic heterocycles. The van der Waals surface area contributed by atoms with E-state index in [9.17, 15) is 9.90 Å². The summed E-state index contributed by atoms with van der Waals surface area (Å²) in [5.41, 5.74) is -0.786.